The molecule has 1 aromatic heterocycles. The molecular formula is C35H33N3O3S. The van der Waals surface area contributed by atoms with Gasteiger partial charge < -0.3 is 4.74 Å². The van der Waals surface area contributed by atoms with Crippen molar-refractivity contribution in [1.82, 2.24) is 15.8 Å². The van der Waals surface area contributed by atoms with Crippen LogP contribution in [0.3, 0.4) is 0 Å². The third-order valence-corrected chi connectivity index (χ3v) is 7.69. The van der Waals surface area contributed by atoms with Gasteiger partial charge in [-0.25, -0.2) is 4.98 Å². The average Bonchev–Trinajstić information content (AvgIpc) is 3.53. The van der Waals surface area contributed by atoms with Gasteiger partial charge >= 0.3 is 0 Å². The van der Waals surface area contributed by atoms with Crippen LogP contribution in [0.4, 0.5) is 0 Å². The molecule has 212 valence electrons. The number of hydrazine groups is 1. The fraction of sp³-hybridized carbons (Fsp3) is 0.171. The maximum absolute atomic E-state index is 13.4. The minimum Gasteiger partial charge on any atom is -0.488 e. The number of benzene rings is 4. The van der Waals surface area contributed by atoms with Crippen LogP contribution in [0.25, 0.3) is 21.7 Å². The maximum atomic E-state index is 13.4. The van der Waals surface area contributed by atoms with Gasteiger partial charge in [-0.15, -0.1) is 11.3 Å². The molecule has 0 aliphatic carbocycles. The Morgan fingerprint density at radius 2 is 1.50 bits per heavy atom. The number of para-hydroxylation sites is 1. The van der Waals surface area contributed by atoms with Gasteiger partial charge in [0.15, 0.2) is 0 Å². The average molecular weight is 576 g/mol. The van der Waals surface area contributed by atoms with Gasteiger partial charge in [0, 0.05) is 5.38 Å². The van der Waals surface area contributed by atoms with Gasteiger partial charge in [-0.2, -0.15) is 0 Å². The van der Waals surface area contributed by atoms with Crippen molar-refractivity contribution in [2.45, 2.75) is 32.8 Å². The summed E-state index contributed by atoms with van der Waals surface area (Å²) in [5, 5.41) is 2.34. The van der Waals surface area contributed by atoms with E-state index in [0.29, 0.717) is 23.8 Å². The largest absolute Gasteiger partial charge is 0.488 e. The van der Waals surface area contributed by atoms with Crippen molar-refractivity contribution in [3.8, 4) is 27.4 Å². The Labute approximate surface area is 250 Å². The molecule has 6 nitrogen and oxygen atoms in total. The van der Waals surface area contributed by atoms with E-state index in [4.69, 9.17) is 4.74 Å². The minimum atomic E-state index is -0.477. The van der Waals surface area contributed by atoms with Crippen LogP contribution < -0.4 is 15.6 Å². The van der Waals surface area contributed by atoms with Crippen LogP contribution in [0, 0.1) is 5.92 Å². The predicted molar refractivity (Wildman–Crippen MR) is 168 cm³/mol. The molecule has 1 atom stereocenters. The smallest absolute Gasteiger partial charge is 0.289 e. The number of carbonyl (C=O) groups is 2. The van der Waals surface area contributed by atoms with Crippen molar-refractivity contribution < 1.29 is 14.3 Å². The summed E-state index contributed by atoms with van der Waals surface area (Å²) in [6.07, 6.45) is 0.639. The Balaban J connectivity index is 1.26. The Morgan fingerprint density at radius 3 is 2.26 bits per heavy atom. The summed E-state index contributed by atoms with van der Waals surface area (Å²) in [6.45, 7) is 4.59. The molecule has 4 aromatic carbocycles. The van der Waals surface area contributed by atoms with E-state index in [9.17, 15) is 9.59 Å². The molecule has 2 amide bonds. The second-order valence-electron chi connectivity index (χ2n) is 10.4. The summed E-state index contributed by atoms with van der Waals surface area (Å²) in [7, 11) is 0. The third-order valence-electron chi connectivity index (χ3n) is 6.81. The molecule has 0 saturated heterocycles. The standard InChI is InChI=1S/C35H33N3O3S/c1-24(2)20-30(28-17-11-16-27(21-28)26-14-7-4-8-15-26)33(39)37-38-34(40)31-23-42-35(36-31)29-18-9-10-19-32(29)41-22-25-12-5-3-6-13-25/h3-19,21,23-24,30H,20,22H2,1-2H3,(H,37,39)(H,38,40). The van der Waals surface area contributed by atoms with Gasteiger partial charge in [0.2, 0.25) is 5.91 Å². The first-order chi connectivity index (χ1) is 20.5. The van der Waals surface area contributed by atoms with Crippen molar-refractivity contribution >= 4 is 23.2 Å². The topological polar surface area (TPSA) is 80.3 Å². The van der Waals surface area contributed by atoms with Crippen molar-refractivity contribution in [3.05, 3.63) is 131 Å². The molecule has 0 saturated carbocycles. The van der Waals surface area contributed by atoms with E-state index in [-0.39, 0.29) is 17.5 Å². The monoisotopic (exact) mass is 575 g/mol. The van der Waals surface area contributed by atoms with Gasteiger partial charge in [0.25, 0.3) is 5.91 Å². The molecule has 42 heavy (non-hydrogen) atoms. The molecule has 0 aliphatic heterocycles. The Bertz CT molecular complexity index is 1630. The first kappa shape index (κ1) is 28.8. The van der Waals surface area contributed by atoms with E-state index in [0.717, 1.165) is 27.8 Å². The van der Waals surface area contributed by atoms with Crippen LogP contribution in [0.2, 0.25) is 0 Å². The zero-order valence-electron chi connectivity index (χ0n) is 23.6. The third kappa shape index (κ3) is 7.30. The van der Waals surface area contributed by atoms with E-state index >= 15 is 0 Å². The molecule has 0 bridgehead atoms. The van der Waals surface area contributed by atoms with Gasteiger partial charge in [0.1, 0.15) is 23.1 Å². The van der Waals surface area contributed by atoms with Crippen LogP contribution in [-0.2, 0) is 11.4 Å². The van der Waals surface area contributed by atoms with E-state index in [1.807, 2.05) is 109 Å². The first-order valence-electron chi connectivity index (χ1n) is 13.9. The van der Waals surface area contributed by atoms with Crippen molar-refractivity contribution in [2.24, 2.45) is 5.92 Å². The molecule has 2 N–H and O–H groups in total. The molecule has 0 radical (unpaired) electrons. The number of carbonyl (C=O) groups excluding carboxylic acids is 2. The lowest BCUT2D eigenvalue weighted by atomic mass is 9.88. The zero-order valence-corrected chi connectivity index (χ0v) is 24.4. The summed E-state index contributed by atoms with van der Waals surface area (Å²) in [5.41, 5.74) is 10.3. The molecule has 1 heterocycles. The Morgan fingerprint density at radius 1 is 0.810 bits per heavy atom. The Hall–Kier alpha value is -4.75. The van der Waals surface area contributed by atoms with Crippen LogP contribution in [0.15, 0.2) is 115 Å². The highest BCUT2D eigenvalue weighted by Gasteiger charge is 2.24. The molecule has 5 aromatic rings. The highest BCUT2D eigenvalue weighted by atomic mass is 32.1. The predicted octanol–water partition coefficient (Wildman–Crippen LogP) is 7.65. The number of thiazole rings is 1. The summed E-state index contributed by atoms with van der Waals surface area (Å²) < 4.78 is 6.07. The number of aromatic nitrogens is 1. The number of hydrogen-bond acceptors (Lipinski definition) is 5. The number of amides is 2. The first-order valence-corrected chi connectivity index (χ1v) is 14.8. The lowest BCUT2D eigenvalue weighted by Crippen LogP contribution is -2.44. The second-order valence-corrected chi connectivity index (χ2v) is 11.3. The summed E-state index contributed by atoms with van der Waals surface area (Å²) in [5.74, 6) is -0.201. The molecule has 0 fully saturated rings. The lowest BCUT2D eigenvalue weighted by Gasteiger charge is -2.20. The van der Waals surface area contributed by atoms with Crippen molar-refractivity contribution in [3.63, 3.8) is 0 Å². The molecule has 5 rings (SSSR count). The summed E-state index contributed by atoms with van der Waals surface area (Å²) in [6, 6.07) is 35.6. The highest BCUT2D eigenvalue weighted by molar-refractivity contribution is 7.13. The molecular weight excluding hydrogens is 542 g/mol. The van der Waals surface area contributed by atoms with Gasteiger partial charge in [-0.3, -0.25) is 20.4 Å². The highest BCUT2D eigenvalue weighted by Crippen LogP contribution is 2.33. The quantitative estimate of drug-likeness (QED) is 0.168. The van der Waals surface area contributed by atoms with Gasteiger partial charge in [0.05, 0.1) is 11.5 Å². The number of nitrogens with zero attached hydrogens (tertiary/aromatic N) is 1. The van der Waals surface area contributed by atoms with E-state index in [2.05, 4.69) is 29.7 Å². The summed E-state index contributed by atoms with van der Waals surface area (Å²) >= 11 is 1.35. The summed E-state index contributed by atoms with van der Waals surface area (Å²) in [4.78, 5) is 30.9. The zero-order chi connectivity index (χ0) is 29.3. The fourth-order valence-electron chi connectivity index (χ4n) is 4.71. The van der Waals surface area contributed by atoms with Gasteiger partial charge in [-0.1, -0.05) is 111 Å². The molecule has 7 heteroatoms. The minimum absolute atomic E-state index is 0.222. The van der Waals surface area contributed by atoms with Crippen molar-refractivity contribution in [2.75, 3.05) is 0 Å². The van der Waals surface area contributed by atoms with Crippen LogP contribution in [0.1, 0.15) is 47.8 Å². The van der Waals surface area contributed by atoms with Crippen LogP contribution >= 0.6 is 11.3 Å². The Kier molecular flexibility index (Phi) is 9.41. The van der Waals surface area contributed by atoms with Gasteiger partial charge in [-0.05, 0) is 46.7 Å². The fourth-order valence-corrected chi connectivity index (χ4v) is 5.54. The molecule has 0 aliphatic rings. The van der Waals surface area contributed by atoms with Crippen molar-refractivity contribution in [1.29, 1.82) is 0 Å². The van der Waals surface area contributed by atoms with E-state index in [1.54, 1.807) is 5.38 Å². The normalized spacial score (nSPS) is 11.6. The van der Waals surface area contributed by atoms with Crippen LogP contribution in [-0.4, -0.2) is 16.8 Å². The number of rotatable bonds is 10. The lowest BCUT2D eigenvalue weighted by molar-refractivity contribution is -0.123. The number of ether oxygens (including phenoxy) is 1. The SMILES string of the molecule is CC(C)CC(C(=O)NNC(=O)c1csc(-c2ccccc2OCc2ccccc2)n1)c1cccc(-c2ccccc2)c1. The van der Waals surface area contributed by atoms with E-state index in [1.165, 1.54) is 11.3 Å². The second kappa shape index (κ2) is 13.7. The molecule has 1 unspecified atom stereocenters. The van der Waals surface area contributed by atoms with Crippen LogP contribution in [0.5, 0.6) is 5.75 Å². The molecule has 0 spiro atoms. The number of hydrogen-bond donors (Lipinski definition) is 2. The van der Waals surface area contributed by atoms with E-state index < -0.39 is 11.8 Å². The number of nitrogens with one attached hydrogen (secondary N) is 2. The maximum Gasteiger partial charge on any atom is 0.289 e.